The number of carbonyl (C=O) groups is 1. The zero-order valence-corrected chi connectivity index (χ0v) is 12.8. The highest BCUT2D eigenvalue weighted by molar-refractivity contribution is 5.98. The molecule has 0 aromatic heterocycles. The molecule has 0 saturated heterocycles. The van der Waals surface area contributed by atoms with Gasteiger partial charge in [0.1, 0.15) is 18.3 Å². The number of nitro benzene ring substituents is 1. The third-order valence-electron chi connectivity index (χ3n) is 3.99. The van der Waals surface area contributed by atoms with Crippen LogP contribution in [0.15, 0.2) is 36.4 Å². The van der Waals surface area contributed by atoms with Crippen molar-refractivity contribution in [1.82, 2.24) is 0 Å². The second-order valence-electron chi connectivity index (χ2n) is 5.60. The van der Waals surface area contributed by atoms with Crippen molar-refractivity contribution in [3.05, 3.63) is 63.2 Å². The summed E-state index contributed by atoms with van der Waals surface area (Å²) in [5, 5.41) is 13.8. The summed E-state index contributed by atoms with van der Waals surface area (Å²) in [5.74, 6) is 0.181. The van der Waals surface area contributed by atoms with E-state index in [-0.39, 0.29) is 17.5 Å². The molecule has 2 aromatic rings. The molecule has 1 amide bonds. The fraction of sp³-hybridized carbons (Fsp3) is 0.235. The highest BCUT2D eigenvalue weighted by atomic mass is 16.6. The van der Waals surface area contributed by atoms with E-state index in [0.29, 0.717) is 23.4 Å². The van der Waals surface area contributed by atoms with Gasteiger partial charge in [0.2, 0.25) is 5.91 Å². The van der Waals surface area contributed by atoms with E-state index in [1.807, 2.05) is 24.3 Å². The summed E-state index contributed by atoms with van der Waals surface area (Å²) in [6.07, 6.45) is 0. The van der Waals surface area contributed by atoms with Gasteiger partial charge in [-0.2, -0.15) is 0 Å². The monoisotopic (exact) mass is 312 g/mol. The smallest absolute Gasteiger partial charge is 0.270 e. The van der Waals surface area contributed by atoms with Gasteiger partial charge in [-0.3, -0.25) is 14.9 Å². The zero-order valence-electron chi connectivity index (χ0n) is 12.8. The van der Waals surface area contributed by atoms with Gasteiger partial charge in [-0.05, 0) is 31.0 Å². The van der Waals surface area contributed by atoms with Gasteiger partial charge in [0.25, 0.3) is 5.69 Å². The van der Waals surface area contributed by atoms with E-state index in [0.717, 1.165) is 11.3 Å². The lowest BCUT2D eigenvalue weighted by atomic mass is 9.99. The number of carbonyl (C=O) groups excluding carboxylic acids is 1. The van der Waals surface area contributed by atoms with Crippen LogP contribution in [0, 0.1) is 24.0 Å². The Hall–Kier alpha value is -2.89. The summed E-state index contributed by atoms with van der Waals surface area (Å²) in [6, 6.07) is 10.4. The van der Waals surface area contributed by atoms with E-state index in [4.69, 9.17) is 4.74 Å². The van der Waals surface area contributed by atoms with Crippen LogP contribution in [0.5, 0.6) is 5.75 Å². The van der Waals surface area contributed by atoms with Crippen molar-refractivity contribution < 1.29 is 14.5 Å². The molecule has 1 aliphatic heterocycles. The van der Waals surface area contributed by atoms with Gasteiger partial charge in [-0.25, -0.2) is 0 Å². The standard InChI is InChI=1S/C17H16N2O4/c1-10-7-12(19(21)22)8-11(2)16(10)18-17(20)14-9-23-15-6-4-3-5-13(14)15/h3-8,14H,9H2,1-2H3,(H,18,20). The molecule has 23 heavy (non-hydrogen) atoms. The Kier molecular flexibility index (Phi) is 3.73. The summed E-state index contributed by atoms with van der Waals surface area (Å²) in [6.45, 7) is 3.79. The van der Waals surface area contributed by atoms with Gasteiger partial charge in [0, 0.05) is 23.4 Å². The van der Waals surface area contributed by atoms with Crippen LogP contribution in [-0.2, 0) is 4.79 Å². The highest BCUT2D eigenvalue weighted by Crippen LogP contribution is 2.35. The number of nitrogens with zero attached hydrogens (tertiary/aromatic N) is 1. The van der Waals surface area contributed by atoms with E-state index >= 15 is 0 Å². The minimum atomic E-state index is -0.438. The number of non-ortho nitro benzene ring substituents is 1. The van der Waals surface area contributed by atoms with Crippen LogP contribution in [0.25, 0.3) is 0 Å². The van der Waals surface area contributed by atoms with Crippen molar-refractivity contribution >= 4 is 17.3 Å². The van der Waals surface area contributed by atoms with Crippen LogP contribution in [0.3, 0.4) is 0 Å². The first kappa shape index (κ1) is 15.0. The number of aryl methyl sites for hydroxylation is 2. The number of ether oxygens (including phenoxy) is 1. The van der Waals surface area contributed by atoms with Crippen molar-refractivity contribution in [2.45, 2.75) is 19.8 Å². The normalized spacial score (nSPS) is 15.7. The number of amides is 1. The third-order valence-corrected chi connectivity index (χ3v) is 3.99. The first-order valence-corrected chi connectivity index (χ1v) is 7.25. The van der Waals surface area contributed by atoms with E-state index in [9.17, 15) is 14.9 Å². The molecule has 6 nitrogen and oxygen atoms in total. The first-order valence-electron chi connectivity index (χ1n) is 7.25. The molecule has 3 rings (SSSR count). The van der Waals surface area contributed by atoms with Gasteiger partial charge in [-0.1, -0.05) is 18.2 Å². The number of rotatable bonds is 3. The maximum atomic E-state index is 12.6. The van der Waals surface area contributed by atoms with Crippen molar-refractivity contribution in [3.8, 4) is 5.75 Å². The maximum Gasteiger partial charge on any atom is 0.270 e. The van der Waals surface area contributed by atoms with Gasteiger partial charge in [-0.15, -0.1) is 0 Å². The molecule has 1 aliphatic rings. The van der Waals surface area contributed by atoms with Gasteiger partial charge in [0.05, 0.1) is 4.92 Å². The zero-order chi connectivity index (χ0) is 16.6. The molecule has 1 heterocycles. The Bertz CT molecular complexity index is 778. The fourth-order valence-corrected chi connectivity index (χ4v) is 2.83. The molecule has 2 aromatic carbocycles. The van der Waals surface area contributed by atoms with Gasteiger partial charge in [0.15, 0.2) is 0 Å². The lowest BCUT2D eigenvalue weighted by Gasteiger charge is -2.14. The molecule has 0 aliphatic carbocycles. The number of anilines is 1. The molecule has 0 fully saturated rings. The van der Waals surface area contributed by atoms with Crippen LogP contribution in [0.4, 0.5) is 11.4 Å². The maximum absolute atomic E-state index is 12.6. The number of hydrogen-bond acceptors (Lipinski definition) is 4. The van der Waals surface area contributed by atoms with Gasteiger partial charge < -0.3 is 10.1 Å². The number of hydrogen-bond donors (Lipinski definition) is 1. The quantitative estimate of drug-likeness (QED) is 0.696. The average Bonchev–Trinajstić information content (AvgIpc) is 2.94. The largest absolute Gasteiger partial charge is 0.492 e. The number of benzene rings is 2. The Balaban J connectivity index is 1.86. The highest BCUT2D eigenvalue weighted by Gasteiger charge is 2.30. The number of nitro groups is 1. The molecule has 0 bridgehead atoms. The van der Waals surface area contributed by atoms with Crippen molar-refractivity contribution in [1.29, 1.82) is 0 Å². The molecule has 6 heteroatoms. The lowest BCUT2D eigenvalue weighted by Crippen LogP contribution is -2.23. The summed E-state index contributed by atoms with van der Waals surface area (Å²) in [7, 11) is 0. The fourth-order valence-electron chi connectivity index (χ4n) is 2.83. The predicted molar refractivity (Wildman–Crippen MR) is 85.9 cm³/mol. The number of nitrogens with one attached hydrogen (secondary N) is 1. The van der Waals surface area contributed by atoms with Crippen molar-refractivity contribution in [2.24, 2.45) is 0 Å². The van der Waals surface area contributed by atoms with Crippen LogP contribution in [0.2, 0.25) is 0 Å². The predicted octanol–water partition coefficient (Wildman–Crippen LogP) is 3.33. The molecule has 118 valence electrons. The summed E-state index contributed by atoms with van der Waals surface area (Å²) in [4.78, 5) is 23.0. The molecule has 1 atom stereocenters. The second-order valence-corrected chi connectivity index (χ2v) is 5.60. The first-order chi connectivity index (χ1) is 11.0. The molecule has 0 spiro atoms. The minimum absolute atomic E-state index is 0.0209. The summed E-state index contributed by atoms with van der Waals surface area (Å²) >= 11 is 0. The van der Waals surface area contributed by atoms with Crippen LogP contribution < -0.4 is 10.1 Å². The molecule has 0 radical (unpaired) electrons. The SMILES string of the molecule is Cc1cc([N+](=O)[O-])cc(C)c1NC(=O)C1COc2ccccc21. The molecule has 0 saturated carbocycles. The average molecular weight is 312 g/mol. The lowest BCUT2D eigenvalue weighted by molar-refractivity contribution is -0.384. The van der Waals surface area contributed by atoms with E-state index in [1.165, 1.54) is 12.1 Å². The van der Waals surface area contributed by atoms with Crippen molar-refractivity contribution in [2.75, 3.05) is 11.9 Å². The van der Waals surface area contributed by atoms with Crippen molar-refractivity contribution in [3.63, 3.8) is 0 Å². The molecule has 1 unspecified atom stereocenters. The molecular formula is C17H16N2O4. The Labute approximate surface area is 133 Å². The molecular weight excluding hydrogens is 296 g/mol. The molecule has 1 N–H and O–H groups in total. The van der Waals surface area contributed by atoms with E-state index in [2.05, 4.69) is 5.32 Å². The topological polar surface area (TPSA) is 81.5 Å². The Morgan fingerprint density at radius 2 is 1.91 bits per heavy atom. The van der Waals surface area contributed by atoms with Crippen LogP contribution in [-0.4, -0.2) is 17.4 Å². The number of fused-ring (bicyclic) bond motifs is 1. The Morgan fingerprint density at radius 3 is 2.57 bits per heavy atom. The minimum Gasteiger partial charge on any atom is -0.492 e. The van der Waals surface area contributed by atoms with Crippen LogP contribution in [0.1, 0.15) is 22.6 Å². The van der Waals surface area contributed by atoms with Gasteiger partial charge >= 0.3 is 0 Å². The third kappa shape index (κ3) is 2.75. The van der Waals surface area contributed by atoms with E-state index in [1.54, 1.807) is 13.8 Å². The van der Waals surface area contributed by atoms with Crippen LogP contribution >= 0.6 is 0 Å². The van der Waals surface area contributed by atoms with E-state index < -0.39 is 4.92 Å². The second kappa shape index (κ2) is 5.72. The number of para-hydroxylation sites is 1. The summed E-state index contributed by atoms with van der Waals surface area (Å²) in [5.41, 5.74) is 2.83. The Morgan fingerprint density at radius 1 is 1.26 bits per heavy atom. The summed E-state index contributed by atoms with van der Waals surface area (Å²) < 4.78 is 5.53.